The Kier molecular flexibility index (Phi) is 12.6. The largest absolute Gasteiger partial charge is 0.493 e. The van der Waals surface area contributed by atoms with Crippen molar-refractivity contribution in [1.29, 1.82) is 0 Å². The molecule has 1 saturated heterocycles. The van der Waals surface area contributed by atoms with Crippen molar-refractivity contribution < 1.29 is 23.8 Å². The van der Waals surface area contributed by atoms with E-state index in [1.165, 1.54) is 37.0 Å². The Morgan fingerprint density at radius 3 is 2.50 bits per heavy atom. The average Bonchev–Trinajstić information content (AvgIpc) is 3.52. The third-order valence-electron chi connectivity index (χ3n) is 7.97. The molecule has 0 radical (unpaired) electrons. The maximum absolute atomic E-state index is 13.6. The van der Waals surface area contributed by atoms with Crippen LogP contribution in [0.15, 0.2) is 48.5 Å². The van der Waals surface area contributed by atoms with Gasteiger partial charge in [0.25, 0.3) is 0 Å². The molecule has 2 N–H and O–H groups in total. The summed E-state index contributed by atoms with van der Waals surface area (Å²) in [6, 6.07) is 14.9. The Balaban J connectivity index is 1.41. The number of ether oxygens (including phenoxy) is 3. The van der Waals surface area contributed by atoms with Crippen LogP contribution in [-0.4, -0.2) is 58.3 Å². The first-order chi connectivity index (χ1) is 21.1. The molecule has 0 aromatic heterocycles. The predicted molar refractivity (Wildman–Crippen MR) is 180 cm³/mol. The molecule has 2 aromatic carbocycles. The van der Waals surface area contributed by atoms with Gasteiger partial charge in [-0.3, -0.25) is 9.69 Å². The fourth-order valence-electron chi connectivity index (χ4n) is 5.57. The van der Waals surface area contributed by atoms with E-state index in [1.807, 2.05) is 69.3 Å². The third kappa shape index (κ3) is 10.3. The molecule has 10 heteroatoms. The standard InChI is InChI=1S/C34H47N3O5S2/c1-34(2,3)42-33(39)37-23-44-22-28(37)31(38)36-27(17-15-24-11-7-5-8-12-24)32(43)35-20-26-16-18-29(40-4)30(19-26)41-21-25-13-9-6-10-14-25/h6,9-10,13-14,16,18-19,24,27-28H,5,7-8,11-12,15,17,20-23H2,1-4H3,(H,35,43)(H,36,38)/t27-,28+/m1/s1. The van der Waals surface area contributed by atoms with Gasteiger partial charge in [-0.15, -0.1) is 11.8 Å². The first kappa shape index (κ1) is 33.9. The van der Waals surface area contributed by atoms with E-state index in [0.717, 1.165) is 24.0 Å². The minimum Gasteiger partial charge on any atom is -0.493 e. The number of carbonyl (C=O) groups is 2. The molecule has 0 spiro atoms. The molecule has 0 bridgehead atoms. The number of amides is 2. The monoisotopic (exact) mass is 641 g/mol. The highest BCUT2D eigenvalue weighted by atomic mass is 32.2. The molecule has 2 atom stereocenters. The molecule has 0 unspecified atom stereocenters. The van der Waals surface area contributed by atoms with Crippen molar-refractivity contribution in [2.45, 2.75) is 96.6 Å². The minimum absolute atomic E-state index is 0.195. The van der Waals surface area contributed by atoms with Crippen LogP contribution in [0.5, 0.6) is 11.5 Å². The number of hydrogen-bond donors (Lipinski definition) is 2. The van der Waals surface area contributed by atoms with Crippen molar-refractivity contribution in [1.82, 2.24) is 15.5 Å². The first-order valence-electron chi connectivity index (χ1n) is 15.6. The van der Waals surface area contributed by atoms with Crippen molar-refractivity contribution in [2.75, 3.05) is 18.7 Å². The van der Waals surface area contributed by atoms with Crippen LogP contribution < -0.4 is 20.1 Å². The highest BCUT2D eigenvalue weighted by molar-refractivity contribution is 7.99. The van der Waals surface area contributed by atoms with E-state index in [0.29, 0.717) is 47.2 Å². The van der Waals surface area contributed by atoms with Crippen LogP contribution >= 0.6 is 24.0 Å². The maximum atomic E-state index is 13.6. The van der Waals surface area contributed by atoms with Gasteiger partial charge in [0, 0.05) is 12.3 Å². The van der Waals surface area contributed by atoms with E-state index in [1.54, 1.807) is 18.9 Å². The molecule has 44 heavy (non-hydrogen) atoms. The van der Waals surface area contributed by atoms with Gasteiger partial charge in [-0.05, 0) is 62.8 Å². The highest BCUT2D eigenvalue weighted by Crippen LogP contribution is 2.30. The summed E-state index contributed by atoms with van der Waals surface area (Å²) in [5, 5.41) is 6.60. The van der Waals surface area contributed by atoms with Crippen LogP contribution in [0.1, 0.15) is 76.8 Å². The number of nitrogens with zero attached hydrogens (tertiary/aromatic N) is 1. The third-order valence-corrected chi connectivity index (χ3v) is 9.41. The molecular formula is C34H47N3O5S2. The zero-order valence-electron chi connectivity index (χ0n) is 26.4. The van der Waals surface area contributed by atoms with E-state index in [2.05, 4.69) is 10.6 Å². The predicted octanol–water partition coefficient (Wildman–Crippen LogP) is 6.85. The lowest BCUT2D eigenvalue weighted by Gasteiger charge is -2.30. The number of hydrogen-bond acceptors (Lipinski definition) is 7. The fourth-order valence-corrected chi connectivity index (χ4v) is 6.96. The average molecular weight is 642 g/mol. The molecule has 2 fully saturated rings. The van der Waals surface area contributed by atoms with Gasteiger partial charge < -0.3 is 24.8 Å². The Morgan fingerprint density at radius 2 is 1.80 bits per heavy atom. The Labute approximate surface area is 272 Å². The SMILES string of the molecule is COc1ccc(CNC(=S)[C@@H](CCC2CCCCC2)NC(=O)[C@@H]2CSCN2C(=O)OC(C)(C)C)cc1OCc1ccccc1. The zero-order chi connectivity index (χ0) is 31.5. The fraction of sp³-hybridized carbons (Fsp3) is 0.559. The van der Waals surface area contributed by atoms with Crippen molar-refractivity contribution in [3.8, 4) is 11.5 Å². The van der Waals surface area contributed by atoms with E-state index in [-0.39, 0.29) is 11.9 Å². The van der Waals surface area contributed by atoms with Gasteiger partial charge in [0.15, 0.2) is 11.5 Å². The van der Waals surface area contributed by atoms with Crippen LogP contribution in [-0.2, 0) is 22.7 Å². The van der Waals surface area contributed by atoms with Crippen LogP contribution in [0, 0.1) is 5.92 Å². The molecular weight excluding hydrogens is 595 g/mol. The summed E-state index contributed by atoms with van der Waals surface area (Å²) >= 11 is 7.44. The Morgan fingerprint density at radius 1 is 1.05 bits per heavy atom. The van der Waals surface area contributed by atoms with Gasteiger partial charge in [0.05, 0.1) is 24.0 Å². The van der Waals surface area contributed by atoms with Gasteiger partial charge in [0.2, 0.25) is 5.91 Å². The number of thiocarbonyl (C=S) groups is 1. The molecule has 2 aliphatic rings. The van der Waals surface area contributed by atoms with Gasteiger partial charge in [0.1, 0.15) is 18.2 Å². The minimum atomic E-state index is -0.632. The summed E-state index contributed by atoms with van der Waals surface area (Å²) < 4.78 is 17.2. The molecule has 240 valence electrons. The number of rotatable bonds is 12. The van der Waals surface area contributed by atoms with E-state index in [4.69, 9.17) is 26.4 Å². The topological polar surface area (TPSA) is 89.1 Å². The summed E-state index contributed by atoms with van der Waals surface area (Å²) in [7, 11) is 1.63. The lowest BCUT2D eigenvalue weighted by atomic mass is 9.85. The second kappa shape index (κ2) is 16.4. The number of benzene rings is 2. The number of carbonyl (C=O) groups excluding carboxylic acids is 2. The molecule has 8 nitrogen and oxygen atoms in total. The van der Waals surface area contributed by atoms with Crippen LogP contribution in [0.25, 0.3) is 0 Å². The lowest BCUT2D eigenvalue weighted by molar-refractivity contribution is -0.125. The highest BCUT2D eigenvalue weighted by Gasteiger charge is 2.38. The maximum Gasteiger partial charge on any atom is 0.411 e. The van der Waals surface area contributed by atoms with Crippen molar-refractivity contribution in [2.24, 2.45) is 5.92 Å². The van der Waals surface area contributed by atoms with Crippen molar-refractivity contribution in [3.63, 3.8) is 0 Å². The summed E-state index contributed by atoms with van der Waals surface area (Å²) in [6.45, 7) is 6.40. The lowest BCUT2D eigenvalue weighted by Crippen LogP contribution is -2.54. The van der Waals surface area contributed by atoms with E-state index < -0.39 is 17.7 Å². The summed E-state index contributed by atoms with van der Waals surface area (Å²) in [4.78, 5) is 28.5. The van der Waals surface area contributed by atoms with Gasteiger partial charge >= 0.3 is 6.09 Å². The molecule has 4 rings (SSSR count). The van der Waals surface area contributed by atoms with Crippen LogP contribution in [0.2, 0.25) is 0 Å². The molecule has 2 amide bonds. The summed E-state index contributed by atoms with van der Waals surface area (Å²) in [5.74, 6) is 2.72. The smallest absolute Gasteiger partial charge is 0.411 e. The van der Waals surface area contributed by atoms with Crippen LogP contribution in [0.4, 0.5) is 4.79 Å². The van der Waals surface area contributed by atoms with Crippen molar-refractivity contribution in [3.05, 3.63) is 59.7 Å². The Hall–Kier alpha value is -2.98. The number of thioether (sulfide) groups is 1. The zero-order valence-corrected chi connectivity index (χ0v) is 28.1. The number of nitrogens with one attached hydrogen (secondary N) is 2. The second-order valence-electron chi connectivity index (χ2n) is 12.6. The van der Waals surface area contributed by atoms with Gasteiger partial charge in [-0.1, -0.05) is 80.7 Å². The van der Waals surface area contributed by atoms with Gasteiger partial charge in [-0.2, -0.15) is 0 Å². The van der Waals surface area contributed by atoms with Crippen LogP contribution in [0.3, 0.4) is 0 Å². The van der Waals surface area contributed by atoms with Crippen molar-refractivity contribution >= 4 is 41.0 Å². The van der Waals surface area contributed by atoms with E-state index in [9.17, 15) is 9.59 Å². The summed E-state index contributed by atoms with van der Waals surface area (Å²) in [6.07, 6.45) is 7.57. The molecule has 2 aromatic rings. The normalized spacial score (nSPS) is 17.9. The quantitative estimate of drug-likeness (QED) is 0.244. The molecule has 1 aliphatic heterocycles. The molecule has 1 aliphatic carbocycles. The Bertz CT molecular complexity index is 1250. The first-order valence-corrected chi connectivity index (χ1v) is 17.2. The number of methoxy groups -OCH3 is 1. The van der Waals surface area contributed by atoms with Gasteiger partial charge in [-0.25, -0.2) is 4.79 Å². The summed E-state index contributed by atoms with van der Waals surface area (Å²) in [5.41, 5.74) is 1.42. The van der Waals surface area contributed by atoms with E-state index >= 15 is 0 Å². The second-order valence-corrected chi connectivity index (χ2v) is 14.0. The molecule has 1 heterocycles. The molecule has 1 saturated carbocycles.